The maximum Gasteiger partial charge on any atom is 0.169 e. The average molecular weight is 757 g/mol. The van der Waals surface area contributed by atoms with Gasteiger partial charge in [-0.15, -0.1) is 0 Å². The molecule has 3 rings (SSSR count). The highest BCUT2D eigenvalue weighted by Gasteiger charge is 2.14. The van der Waals surface area contributed by atoms with Crippen LogP contribution in [0.25, 0.3) is 18.2 Å². The zero-order valence-corrected chi connectivity index (χ0v) is 35.4. The monoisotopic (exact) mass is 756 g/mol. The zero-order chi connectivity index (χ0) is 38.3. The topological polar surface area (TPSA) is 28.8 Å². The molecule has 3 aromatic rings. The van der Waals surface area contributed by atoms with Gasteiger partial charge < -0.3 is 19.2 Å². The van der Waals surface area contributed by atoms with E-state index < -0.39 is 0 Å². The van der Waals surface area contributed by atoms with E-state index >= 15 is 0 Å². The Kier molecular flexibility index (Phi) is 20.4. The summed E-state index contributed by atoms with van der Waals surface area (Å²) in [4.78, 5) is 9.33. The number of unbranched alkanes of at least 4 members (excludes halogenated alkanes) is 2. The normalized spacial score (nSPS) is 13.0. The molecule has 0 aliphatic carbocycles. The number of aryl methyl sites for hydroxylation is 1. The molecule has 2 N–H and O–H groups in total. The standard InChI is InChI=1S/C45H66N6S2/c1-9-40(14-15-41-18-22-44(23-19-41)47(2)3)26-30-46-29-10-13-36-51(7,8)37-39-53-52-38-35-49(6)31-11-12-32-50-33-27-43(28-34-50)17-16-42-20-24-45(25-21-42)48(4)5/h9,14-28,30,33-34H,1,10-13,29,31-32,35-39H2,2-8H3/q+2/p+2/b15-14+,40-26+,46-30?. The third-order valence-electron chi connectivity index (χ3n) is 9.38. The molecule has 1 aromatic heterocycles. The predicted octanol–water partition coefficient (Wildman–Crippen LogP) is 5.79. The van der Waals surface area contributed by atoms with Crippen LogP contribution in [-0.2, 0) is 6.54 Å². The molecule has 0 radical (unpaired) electrons. The van der Waals surface area contributed by atoms with E-state index in [0.717, 1.165) is 23.1 Å². The number of benzene rings is 2. The smallest absolute Gasteiger partial charge is 0.169 e. The molecule has 1 heterocycles. The molecule has 2 aromatic carbocycles. The summed E-state index contributed by atoms with van der Waals surface area (Å²) in [5.41, 5.74) is 7.16. The third-order valence-corrected chi connectivity index (χ3v) is 11.8. The summed E-state index contributed by atoms with van der Waals surface area (Å²) in [6, 6.07) is 21.6. The number of pyridine rings is 1. The van der Waals surface area contributed by atoms with Crippen molar-refractivity contribution in [2.75, 3.05) is 103 Å². The summed E-state index contributed by atoms with van der Waals surface area (Å²) in [5.74, 6) is 2.43. The first-order chi connectivity index (χ1) is 25.5. The zero-order valence-electron chi connectivity index (χ0n) is 33.8. The Hall–Kier alpha value is -3.56. The first kappa shape index (κ1) is 43.8. The number of anilines is 2. The van der Waals surface area contributed by atoms with Crippen molar-refractivity contribution < 1.29 is 18.9 Å². The number of hydrogen-bond donors (Lipinski definition) is 2. The molecule has 6 nitrogen and oxygen atoms in total. The van der Waals surface area contributed by atoms with E-state index in [1.165, 1.54) is 91.4 Å². The van der Waals surface area contributed by atoms with Gasteiger partial charge in [0.1, 0.15) is 13.1 Å². The Balaban J connectivity index is 1.18. The first-order valence-corrected chi connectivity index (χ1v) is 21.7. The highest BCUT2D eigenvalue weighted by molar-refractivity contribution is 8.76. The lowest BCUT2D eigenvalue weighted by Gasteiger charge is -2.29. The van der Waals surface area contributed by atoms with Crippen LogP contribution in [0, 0.1) is 0 Å². The molecule has 0 spiro atoms. The van der Waals surface area contributed by atoms with Crippen LogP contribution in [0.2, 0.25) is 0 Å². The molecule has 53 heavy (non-hydrogen) atoms. The Morgan fingerprint density at radius 2 is 1.32 bits per heavy atom. The van der Waals surface area contributed by atoms with Crippen molar-refractivity contribution in [3.63, 3.8) is 0 Å². The fourth-order valence-electron chi connectivity index (χ4n) is 5.65. The van der Waals surface area contributed by atoms with Gasteiger partial charge >= 0.3 is 0 Å². The summed E-state index contributed by atoms with van der Waals surface area (Å²) >= 11 is 0. The second kappa shape index (κ2) is 24.7. The van der Waals surface area contributed by atoms with E-state index in [-0.39, 0.29) is 0 Å². The van der Waals surface area contributed by atoms with Crippen molar-refractivity contribution in [1.82, 2.24) is 0 Å². The van der Waals surface area contributed by atoms with Crippen LogP contribution < -0.4 is 24.3 Å². The summed E-state index contributed by atoms with van der Waals surface area (Å²) in [6.45, 7) is 11.0. The van der Waals surface area contributed by atoms with Gasteiger partial charge in [-0.25, -0.2) is 9.56 Å². The Bertz CT molecular complexity index is 1570. The van der Waals surface area contributed by atoms with Gasteiger partial charge in [0.15, 0.2) is 18.6 Å². The highest BCUT2D eigenvalue weighted by atomic mass is 33.1. The Morgan fingerprint density at radius 1 is 0.736 bits per heavy atom. The van der Waals surface area contributed by atoms with Gasteiger partial charge in [0.05, 0.1) is 58.8 Å². The number of quaternary nitrogens is 2. The van der Waals surface area contributed by atoms with E-state index in [9.17, 15) is 0 Å². The van der Waals surface area contributed by atoms with Gasteiger partial charge in [-0.3, -0.25) is 0 Å². The summed E-state index contributed by atoms with van der Waals surface area (Å²) < 4.78 is 3.40. The summed E-state index contributed by atoms with van der Waals surface area (Å²) in [7, 11) is 19.5. The third kappa shape index (κ3) is 18.9. The van der Waals surface area contributed by atoms with Crippen molar-refractivity contribution in [3.05, 3.63) is 120 Å². The maximum absolute atomic E-state index is 3.97. The fraction of sp³-hybridized carbons (Fsp3) is 0.422. The largest absolute Gasteiger partial charge is 0.378 e. The van der Waals surface area contributed by atoms with Crippen molar-refractivity contribution in [1.29, 1.82) is 0 Å². The van der Waals surface area contributed by atoms with Crippen molar-refractivity contribution >= 4 is 57.4 Å². The number of nitrogens with one attached hydrogen (secondary N) is 2. The Morgan fingerprint density at radius 3 is 1.92 bits per heavy atom. The van der Waals surface area contributed by atoms with Crippen molar-refractivity contribution in [2.24, 2.45) is 0 Å². The molecule has 0 aliphatic heterocycles. The number of rotatable bonds is 25. The van der Waals surface area contributed by atoms with E-state index in [0.29, 0.717) is 0 Å². The minimum Gasteiger partial charge on any atom is -0.378 e. The molecule has 0 saturated heterocycles. The van der Waals surface area contributed by atoms with Crippen molar-refractivity contribution in [3.8, 4) is 0 Å². The quantitative estimate of drug-likeness (QED) is 0.0287. The van der Waals surface area contributed by atoms with Gasteiger partial charge in [-0.05, 0) is 46.5 Å². The molecule has 0 amide bonds. The van der Waals surface area contributed by atoms with Gasteiger partial charge in [-0.2, -0.15) is 0 Å². The van der Waals surface area contributed by atoms with Crippen LogP contribution in [0.3, 0.4) is 0 Å². The second-order valence-corrected chi connectivity index (χ2v) is 17.6. The van der Waals surface area contributed by atoms with Gasteiger partial charge in [-0.1, -0.05) is 82.8 Å². The van der Waals surface area contributed by atoms with Crippen LogP contribution in [-0.4, -0.2) is 104 Å². The summed E-state index contributed by atoms with van der Waals surface area (Å²) in [5, 5.41) is 0. The van der Waals surface area contributed by atoms with E-state index in [2.05, 4.69) is 196 Å². The van der Waals surface area contributed by atoms with Crippen molar-refractivity contribution in [2.45, 2.75) is 32.2 Å². The number of aromatic nitrogens is 1. The number of allylic oxidation sites excluding steroid dienone is 4. The molecule has 286 valence electrons. The number of hydrogen-bond acceptors (Lipinski definition) is 4. The first-order valence-electron chi connectivity index (χ1n) is 19.2. The molecular weight excluding hydrogens is 689 g/mol. The molecule has 8 heteroatoms. The molecule has 0 saturated carbocycles. The molecule has 1 atom stereocenters. The van der Waals surface area contributed by atoms with Crippen LogP contribution in [0.4, 0.5) is 11.4 Å². The van der Waals surface area contributed by atoms with Crippen LogP contribution >= 0.6 is 21.6 Å². The minimum atomic E-state index is 0.995. The SMILES string of the molecule is C=CC(/C=C/c1ccc(N(C)C)cc1)=C\C=[NH+]CCCC[N+](C)(C)CCSSCC[NH+](C)CCCC[n+]1ccc(/C=C/c2ccc(N(C)C)cc2)cc1. The lowest BCUT2D eigenvalue weighted by Crippen LogP contribution is -3.09. The van der Waals surface area contributed by atoms with Gasteiger partial charge in [0, 0.05) is 83.5 Å². The van der Waals surface area contributed by atoms with Gasteiger partial charge in [0.2, 0.25) is 0 Å². The summed E-state index contributed by atoms with van der Waals surface area (Å²) in [6.07, 6.45) is 24.0. The van der Waals surface area contributed by atoms with Crippen LogP contribution in [0.1, 0.15) is 42.4 Å². The predicted molar refractivity (Wildman–Crippen MR) is 238 cm³/mol. The average Bonchev–Trinajstić information content (AvgIpc) is 3.15. The van der Waals surface area contributed by atoms with Crippen LogP contribution in [0.5, 0.6) is 0 Å². The molecule has 0 bridgehead atoms. The molecular formula is C45H68N6S2+4. The second-order valence-electron chi connectivity index (χ2n) is 14.9. The van der Waals surface area contributed by atoms with E-state index in [1.54, 1.807) is 4.90 Å². The van der Waals surface area contributed by atoms with E-state index in [4.69, 9.17) is 0 Å². The maximum atomic E-state index is 3.97. The lowest BCUT2D eigenvalue weighted by atomic mass is 10.1. The van der Waals surface area contributed by atoms with Gasteiger partial charge in [0.25, 0.3) is 0 Å². The molecule has 0 fully saturated rings. The molecule has 0 aliphatic rings. The highest BCUT2D eigenvalue weighted by Crippen LogP contribution is 2.21. The minimum absolute atomic E-state index is 0.995. The Labute approximate surface area is 330 Å². The molecule has 1 unspecified atom stereocenters. The fourth-order valence-corrected chi connectivity index (χ4v) is 8.07. The van der Waals surface area contributed by atoms with E-state index in [1.807, 2.05) is 16.9 Å². The van der Waals surface area contributed by atoms with Crippen LogP contribution in [0.15, 0.2) is 103 Å². The number of nitrogens with zero attached hydrogens (tertiary/aromatic N) is 4. The lowest BCUT2D eigenvalue weighted by molar-refractivity contribution is -0.888.